The average Bonchev–Trinajstić information content (AvgIpc) is 2.66. The number of hydrazone groups is 1. The average molecular weight is 443 g/mol. The van der Waals surface area contributed by atoms with Gasteiger partial charge in [0.1, 0.15) is 12.3 Å². The molecule has 0 aromatic heterocycles. The lowest BCUT2D eigenvalue weighted by atomic mass is 10.1. The van der Waals surface area contributed by atoms with Crippen molar-refractivity contribution in [3.05, 3.63) is 59.7 Å². The van der Waals surface area contributed by atoms with Crippen molar-refractivity contribution in [1.82, 2.24) is 5.43 Å². The zero-order valence-corrected chi connectivity index (χ0v) is 17.0. The van der Waals surface area contributed by atoms with Crippen LogP contribution in [0.15, 0.2) is 53.6 Å². The third kappa shape index (κ3) is 6.48. The van der Waals surface area contributed by atoms with Crippen molar-refractivity contribution in [2.45, 2.75) is 13.1 Å². The Balaban J connectivity index is 2.14. The van der Waals surface area contributed by atoms with E-state index in [0.717, 1.165) is 28.9 Å². The van der Waals surface area contributed by atoms with Crippen LogP contribution in [0.2, 0.25) is 0 Å². The maximum absolute atomic E-state index is 12.7. The van der Waals surface area contributed by atoms with Gasteiger partial charge in [0, 0.05) is 0 Å². The van der Waals surface area contributed by atoms with Crippen molar-refractivity contribution in [2.75, 3.05) is 23.7 Å². The van der Waals surface area contributed by atoms with Gasteiger partial charge in [0.05, 0.1) is 30.3 Å². The number of halogens is 3. The molecule has 0 spiro atoms. The number of nitrogens with zero attached hydrogens (tertiary/aromatic N) is 2. The molecule has 7 nitrogen and oxygen atoms in total. The van der Waals surface area contributed by atoms with Crippen molar-refractivity contribution in [3.8, 4) is 5.75 Å². The summed E-state index contributed by atoms with van der Waals surface area (Å²) in [6.07, 6.45) is -2.53. The third-order valence-electron chi connectivity index (χ3n) is 3.74. The van der Waals surface area contributed by atoms with E-state index in [4.69, 9.17) is 4.74 Å². The number of carbonyl (C=O) groups excluding carboxylic acids is 1. The van der Waals surface area contributed by atoms with Gasteiger partial charge in [-0.15, -0.1) is 0 Å². The van der Waals surface area contributed by atoms with Crippen LogP contribution in [0, 0.1) is 0 Å². The van der Waals surface area contributed by atoms with Gasteiger partial charge in [-0.1, -0.05) is 24.3 Å². The summed E-state index contributed by atoms with van der Waals surface area (Å²) in [6.45, 7) is 1.43. The molecule has 0 aliphatic carbocycles. The first kappa shape index (κ1) is 23.2. The minimum Gasteiger partial charge on any atom is -0.492 e. The molecule has 0 atom stereocenters. The van der Waals surface area contributed by atoms with E-state index in [1.165, 1.54) is 18.2 Å². The molecule has 2 aromatic carbocycles. The van der Waals surface area contributed by atoms with Gasteiger partial charge in [-0.05, 0) is 36.8 Å². The molecule has 0 radical (unpaired) electrons. The molecule has 2 aromatic rings. The summed E-state index contributed by atoms with van der Waals surface area (Å²) in [5.41, 5.74) is 1.56. The quantitative estimate of drug-likeness (QED) is 0.502. The Bertz CT molecular complexity index is 1020. The van der Waals surface area contributed by atoms with Crippen molar-refractivity contribution in [2.24, 2.45) is 5.10 Å². The fourth-order valence-electron chi connectivity index (χ4n) is 2.46. The molecular formula is C19H20F3N3O4S. The van der Waals surface area contributed by atoms with Crippen LogP contribution in [0.5, 0.6) is 5.75 Å². The van der Waals surface area contributed by atoms with E-state index in [1.807, 2.05) is 0 Å². The number of amides is 1. The molecule has 0 saturated heterocycles. The summed E-state index contributed by atoms with van der Waals surface area (Å²) in [5, 5.41) is 3.61. The normalized spacial score (nSPS) is 12.0. The van der Waals surface area contributed by atoms with Crippen LogP contribution in [-0.2, 0) is 21.0 Å². The van der Waals surface area contributed by atoms with Gasteiger partial charge in [-0.2, -0.15) is 18.3 Å². The predicted molar refractivity (Wildman–Crippen MR) is 107 cm³/mol. The molecule has 11 heteroatoms. The van der Waals surface area contributed by atoms with E-state index < -0.39 is 34.2 Å². The van der Waals surface area contributed by atoms with Gasteiger partial charge in [-0.25, -0.2) is 13.8 Å². The number of hydrogen-bond donors (Lipinski definition) is 1. The van der Waals surface area contributed by atoms with Crippen LogP contribution in [0.25, 0.3) is 0 Å². The molecule has 0 bridgehead atoms. The van der Waals surface area contributed by atoms with Crippen molar-refractivity contribution >= 4 is 27.8 Å². The smallest absolute Gasteiger partial charge is 0.416 e. The zero-order chi connectivity index (χ0) is 22.4. The second-order valence-electron chi connectivity index (χ2n) is 6.09. The Labute approximate surface area is 172 Å². The molecule has 0 fully saturated rings. The Kier molecular flexibility index (Phi) is 7.43. The van der Waals surface area contributed by atoms with Gasteiger partial charge >= 0.3 is 6.18 Å². The molecular weight excluding hydrogens is 423 g/mol. The van der Waals surface area contributed by atoms with E-state index in [0.29, 0.717) is 6.61 Å². The van der Waals surface area contributed by atoms with Crippen LogP contribution in [0.3, 0.4) is 0 Å². The standard InChI is InChI=1S/C19H20F3N3O4S/c1-3-29-17-10-5-4-9-16(17)25(30(2,27)28)13-18(26)24-23-12-14-7-6-8-15(11-14)19(20,21)22/h4-12H,3,13H2,1-2H3,(H,24,26)/b23-12-. The lowest BCUT2D eigenvalue weighted by molar-refractivity contribution is -0.137. The highest BCUT2D eigenvalue weighted by molar-refractivity contribution is 7.92. The number of para-hydroxylation sites is 2. The van der Waals surface area contributed by atoms with E-state index in [2.05, 4.69) is 10.5 Å². The molecule has 2 rings (SSSR count). The number of rotatable bonds is 8. The molecule has 1 N–H and O–H groups in total. The summed E-state index contributed by atoms with van der Waals surface area (Å²) in [7, 11) is -3.84. The highest BCUT2D eigenvalue weighted by atomic mass is 32.2. The van der Waals surface area contributed by atoms with Crippen molar-refractivity contribution in [1.29, 1.82) is 0 Å². The summed E-state index contributed by atoms with van der Waals surface area (Å²) in [5.74, 6) is -0.499. The number of sulfonamides is 1. The Hall–Kier alpha value is -3.08. The maximum Gasteiger partial charge on any atom is 0.416 e. The van der Waals surface area contributed by atoms with E-state index >= 15 is 0 Å². The first-order valence-corrected chi connectivity index (χ1v) is 10.6. The summed E-state index contributed by atoms with van der Waals surface area (Å²) >= 11 is 0. The van der Waals surface area contributed by atoms with Crippen molar-refractivity contribution in [3.63, 3.8) is 0 Å². The minimum atomic E-state index is -4.50. The highest BCUT2D eigenvalue weighted by Gasteiger charge is 2.30. The topological polar surface area (TPSA) is 88.1 Å². The van der Waals surface area contributed by atoms with E-state index in [1.54, 1.807) is 25.1 Å². The van der Waals surface area contributed by atoms with Crippen LogP contribution in [0.4, 0.5) is 18.9 Å². The molecule has 0 aliphatic heterocycles. The van der Waals surface area contributed by atoms with Gasteiger partial charge in [-0.3, -0.25) is 9.10 Å². The van der Waals surface area contributed by atoms with Crippen LogP contribution >= 0.6 is 0 Å². The maximum atomic E-state index is 12.7. The molecule has 162 valence electrons. The first-order chi connectivity index (χ1) is 14.0. The summed E-state index contributed by atoms with van der Waals surface area (Å²) < 4.78 is 68.9. The van der Waals surface area contributed by atoms with Crippen LogP contribution in [-0.4, -0.2) is 39.9 Å². The first-order valence-electron chi connectivity index (χ1n) is 8.71. The molecule has 1 amide bonds. The molecule has 0 saturated carbocycles. The van der Waals surface area contributed by atoms with Crippen molar-refractivity contribution < 1.29 is 31.1 Å². The molecule has 0 unspecified atom stereocenters. The fraction of sp³-hybridized carbons (Fsp3) is 0.263. The monoisotopic (exact) mass is 443 g/mol. The number of nitrogens with one attached hydrogen (secondary N) is 1. The SMILES string of the molecule is CCOc1ccccc1N(CC(=O)N/N=C\c1cccc(C(F)(F)F)c1)S(C)(=O)=O. The molecule has 0 aliphatic rings. The number of ether oxygens (including phenoxy) is 1. The highest BCUT2D eigenvalue weighted by Crippen LogP contribution is 2.30. The number of alkyl halides is 3. The fourth-order valence-corrected chi connectivity index (χ4v) is 3.32. The third-order valence-corrected chi connectivity index (χ3v) is 4.86. The number of hydrogen-bond acceptors (Lipinski definition) is 5. The molecule has 30 heavy (non-hydrogen) atoms. The Morgan fingerprint density at radius 2 is 1.90 bits per heavy atom. The zero-order valence-electron chi connectivity index (χ0n) is 16.2. The predicted octanol–water partition coefficient (Wildman–Crippen LogP) is 3.02. The summed E-state index contributed by atoms with van der Waals surface area (Å²) in [4.78, 5) is 12.2. The Morgan fingerprint density at radius 3 is 2.53 bits per heavy atom. The van der Waals surface area contributed by atoms with Gasteiger partial charge in [0.25, 0.3) is 5.91 Å². The van der Waals surface area contributed by atoms with Crippen LogP contribution in [0.1, 0.15) is 18.1 Å². The van der Waals surface area contributed by atoms with Gasteiger partial charge in [0.2, 0.25) is 10.0 Å². The second kappa shape index (κ2) is 9.61. The van der Waals surface area contributed by atoms with Gasteiger partial charge < -0.3 is 4.74 Å². The number of benzene rings is 2. The van der Waals surface area contributed by atoms with E-state index in [-0.39, 0.29) is 17.0 Å². The lowest BCUT2D eigenvalue weighted by Crippen LogP contribution is -2.39. The number of carbonyl (C=O) groups is 1. The minimum absolute atomic E-state index is 0.117. The lowest BCUT2D eigenvalue weighted by Gasteiger charge is -2.23. The Morgan fingerprint density at radius 1 is 1.20 bits per heavy atom. The summed E-state index contributed by atoms with van der Waals surface area (Å²) in [6, 6.07) is 10.7. The van der Waals surface area contributed by atoms with E-state index in [9.17, 15) is 26.4 Å². The van der Waals surface area contributed by atoms with Crippen LogP contribution < -0.4 is 14.5 Å². The second-order valence-corrected chi connectivity index (χ2v) is 7.99. The molecule has 0 heterocycles. The largest absolute Gasteiger partial charge is 0.492 e. The van der Waals surface area contributed by atoms with Gasteiger partial charge in [0.15, 0.2) is 0 Å². The number of anilines is 1.